The van der Waals surface area contributed by atoms with Crippen molar-refractivity contribution in [2.24, 2.45) is 0 Å². The van der Waals surface area contributed by atoms with Crippen molar-refractivity contribution >= 4 is 5.69 Å². The second-order valence-corrected chi connectivity index (χ2v) is 4.44. The number of hydrogen-bond donors (Lipinski definition) is 1. The van der Waals surface area contributed by atoms with Crippen LogP contribution in [0.15, 0.2) is 42.5 Å². The van der Waals surface area contributed by atoms with Gasteiger partial charge in [0.2, 0.25) is 0 Å². The van der Waals surface area contributed by atoms with Crippen molar-refractivity contribution in [1.82, 2.24) is 0 Å². The molecule has 0 saturated heterocycles. The van der Waals surface area contributed by atoms with Crippen molar-refractivity contribution in [1.29, 1.82) is 5.26 Å². The molecule has 0 aliphatic rings. The van der Waals surface area contributed by atoms with Crippen LogP contribution in [0.25, 0.3) is 0 Å². The molecule has 2 aromatic carbocycles. The largest absolute Gasteiger partial charge is 0.497 e. The van der Waals surface area contributed by atoms with Gasteiger partial charge in [-0.2, -0.15) is 5.26 Å². The Morgan fingerprint density at radius 1 is 1.25 bits per heavy atom. The number of ether oxygens (including phenoxy) is 1. The van der Waals surface area contributed by atoms with Crippen molar-refractivity contribution in [3.05, 3.63) is 59.4 Å². The second kappa shape index (κ2) is 6.07. The predicted molar refractivity (Wildman–Crippen MR) is 76.1 cm³/mol. The molecule has 2 rings (SSSR count). The van der Waals surface area contributed by atoms with E-state index in [2.05, 4.69) is 5.32 Å². The standard InChI is InChI=1S/C16H15FN2O/c1-11(12-4-3-5-15(9-12)20-2)19-16-7-6-14(17)8-13(16)10-18/h3-9,11,19H,1-2H3. The molecule has 102 valence electrons. The van der Waals surface area contributed by atoms with Gasteiger partial charge in [-0.3, -0.25) is 0 Å². The van der Waals surface area contributed by atoms with Crippen molar-refractivity contribution in [3.8, 4) is 11.8 Å². The molecule has 0 amide bonds. The molecule has 0 heterocycles. The van der Waals surface area contributed by atoms with Gasteiger partial charge in [0, 0.05) is 6.04 Å². The fraction of sp³-hybridized carbons (Fsp3) is 0.188. The molecule has 0 spiro atoms. The van der Waals surface area contributed by atoms with Gasteiger partial charge in [-0.05, 0) is 42.8 Å². The minimum absolute atomic E-state index is 0.0253. The van der Waals surface area contributed by atoms with Gasteiger partial charge in [0.25, 0.3) is 0 Å². The van der Waals surface area contributed by atoms with Crippen molar-refractivity contribution in [3.63, 3.8) is 0 Å². The molecule has 0 bridgehead atoms. The fourth-order valence-corrected chi connectivity index (χ4v) is 1.96. The summed E-state index contributed by atoms with van der Waals surface area (Å²) in [6.45, 7) is 1.97. The predicted octanol–water partition coefficient (Wildman–Crippen LogP) is 3.88. The number of halogens is 1. The molecule has 1 atom stereocenters. The van der Waals surface area contributed by atoms with Gasteiger partial charge in [0.15, 0.2) is 0 Å². The van der Waals surface area contributed by atoms with Crippen LogP contribution in [0.2, 0.25) is 0 Å². The monoisotopic (exact) mass is 270 g/mol. The maximum absolute atomic E-state index is 13.1. The lowest BCUT2D eigenvalue weighted by atomic mass is 10.1. The first-order chi connectivity index (χ1) is 9.63. The number of benzene rings is 2. The number of anilines is 1. The maximum Gasteiger partial charge on any atom is 0.124 e. The molecule has 0 fully saturated rings. The summed E-state index contributed by atoms with van der Waals surface area (Å²) in [6, 6.07) is 13.8. The SMILES string of the molecule is COc1cccc(C(C)Nc2ccc(F)cc2C#N)c1. The maximum atomic E-state index is 13.1. The van der Waals surface area contributed by atoms with Gasteiger partial charge in [-0.25, -0.2) is 4.39 Å². The van der Waals surface area contributed by atoms with E-state index in [4.69, 9.17) is 10.00 Å². The molecule has 20 heavy (non-hydrogen) atoms. The average Bonchev–Trinajstić information content (AvgIpc) is 2.49. The molecule has 0 aromatic heterocycles. The average molecular weight is 270 g/mol. The summed E-state index contributed by atoms with van der Waals surface area (Å²) < 4.78 is 18.3. The van der Waals surface area contributed by atoms with E-state index in [1.54, 1.807) is 13.2 Å². The summed E-state index contributed by atoms with van der Waals surface area (Å²) in [6.07, 6.45) is 0. The normalized spacial score (nSPS) is 11.5. The number of rotatable bonds is 4. The topological polar surface area (TPSA) is 45.0 Å². The molecule has 3 nitrogen and oxygen atoms in total. The smallest absolute Gasteiger partial charge is 0.124 e. The zero-order valence-electron chi connectivity index (χ0n) is 11.4. The van der Waals surface area contributed by atoms with E-state index < -0.39 is 5.82 Å². The summed E-state index contributed by atoms with van der Waals surface area (Å²) in [7, 11) is 1.62. The second-order valence-electron chi connectivity index (χ2n) is 4.44. The van der Waals surface area contributed by atoms with Crippen molar-refractivity contribution in [2.45, 2.75) is 13.0 Å². The zero-order valence-corrected chi connectivity index (χ0v) is 11.4. The Labute approximate surface area is 117 Å². The van der Waals surface area contributed by atoms with Crippen LogP contribution in [0.4, 0.5) is 10.1 Å². The molecule has 2 aromatic rings. The van der Waals surface area contributed by atoms with Gasteiger partial charge < -0.3 is 10.1 Å². The highest BCUT2D eigenvalue weighted by atomic mass is 19.1. The summed E-state index contributed by atoms with van der Waals surface area (Å²) >= 11 is 0. The van der Waals surface area contributed by atoms with E-state index in [0.29, 0.717) is 11.3 Å². The first-order valence-electron chi connectivity index (χ1n) is 6.24. The number of nitrogens with zero attached hydrogens (tertiary/aromatic N) is 1. The molecule has 0 aliphatic heterocycles. The van der Waals surface area contributed by atoms with Crippen LogP contribution in [0.1, 0.15) is 24.1 Å². The van der Waals surface area contributed by atoms with Gasteiger partial charge in [-0.1, -0.05) is 12.1 Å². The Kier molecular flexibility index (Phi) is 4.21. The third-order valence-electron chi connectivity index (χ3n) is 3.07. The molecule has 0 aliphatic carbocycles. The Hall–Kier alpha value is -2.54. The fourth-order valence-electron chi connectivity index (χ4n) is 1.96. The summed E-state index contributed by atoms with van der Waals surface area (Å²) in [5.41, 5.74) is 1.93. The van der Waals surface area contributed by atoms with Gasteiger partial charge in [-0.15, -0.1) is 0 Å². The highest BCUT2D eigenvalue weighted by molar-refractivity contribution is 5.58. The van der Waals surface area contributed by atoms with Crippen molar-refractivity contribution < 1.29 is 9.13 Å². The van der Waals surface area contributed by atoms with Crippen LogP contribution in [0.5, 0.6) is 5.75 Å². The number of methoxy groups -OCH3 is 1. The number of hydrogen-bond acceptors (Lipinski definition) is 3. The van der Waals surface area contributed by atoms with Crippen LogP contribution in [0, 0.1) is 17.1 Å². The lowest BCUT2D eigenvalue weighted by Crippen LogP contribution is -2.08. The van der Waals surface area contributed by atoms with Crippen LogP contribution in [0.3, 0.4) is 0 Å². The van der Waals surface area contributed by atoms with E-state index in [-0.39, 0.29) is 6.04 Å². The lowest BCUT2D eigenvalue weighted by molar-refractivity contribution is 0.414. The molecular formula is C16H15FN2O. The van der Waals surface area contributed by atoms with E-state index in [1.165, 1.54) is 12.1 Å². The number of nitrogens with one attached hydrogen (secondary N) is 1. The van der Waals surface area contributed by atoms with E-state index >= 15 is 0 Å². The Balaban J connectivity index is 2.23. The zero-order chi connectivity index (χ0) is 14.5. The quantitative estimate of drug-likeness (QED) is 0.917. The van der Waals surface area contributed by atoms with Crippen LogP contribution >= 0.6 is 0 Å². The Morgan fingerprint density at radius 2 is 2.05 bits per heavy atom. The van der Waals surface area contributed by atoms with E-state index in [0.717, 1.165) is 11.3 Å². The molecular weight excluding hydrogens is 255 g/mol. The summed E-state index contributed by atoms with van der Waals surface area (Å²) in [4.78, 5) is 0. The van der Waals surface area contributed by atoms with Gasteiger partial charge in [0.1, 0.15) is 17.6 Å². The Bertz CT molecular complexity index is 649. The van der Waals surface area contributed by atoms with E-state index in [1.807, 2.05) is 37.3 Å². The Morgan fingerprint density at radius 3 is 2.75 bits per heavy atom. The third kappa shape index (κ3) is 3.07. The highest BCUT2D eigenvalue weighted by Crippen LogP contribution is 2.25. The van der Waals surface area contributed by atoms with Crippen molar-refractivity contribution in [2.75, 3.05) is 12.4 Å². The summed E-state index contributed by atoms with van der Waals surface area (Å²) in [5, 5.41) is 12.2. The minimum atomic E-state index is -0.416. The van der Waals surface area contributed by atoms with E-state index in [9.17, 15) is 4.39 Å². The molecule has 4 heteroatoms. The molecule has 1 unspecified atom stereocenters. The van der Waals surface area contributed by atoms with Crippen LogP contribution in [-0.4, -0.2) is 7.11 Å². The molecule has 1 N–H and O–H groups in total. The first-order valence-corrected chi connectivity index (χ1v) is 6.24. The third-order valence-corrected chi connectivity index (χ3v) is 3.07. The summed E-state index contributed by atoms with van der Waals surface area (Å²) in [5.74, 6) is 0.358. The van der Waals surface area contributed by atoms with Gasteiger partial charge >= 0.3 is 0 Å². The minimum Gasteiger partial charge on any atom is -0.497 e. The number of nitriles is 1. The van der Waals surface area contributed by atoms with Gasteiger partial charge in [0.05, 0.1) is 18.4 Å². The highest BCUT2D eigenvalue weighted by Gasteiger charge is 2.10. The molecule has 0 saturated carbocycles. The molecule has 0 radical (unpaired) electrons. The van der Waals surface area contributed by atoms with Crippen LogP contribution in [-0.2, 0) is 0 Å². The van der Waals surface area contributed by atoms with Crippen LogP contribution < -0.4 is 10.1 Å². The lowest BCUT2D eigenvalue weighted by Gasteiger charge is -2.17. The first kappa shape index (κ1) is 13.9.